The Morgan fingerprint density at radius 1 is 1.20 bits per heavy atom. The molecule has 1 saturated heterocycles. The predicted octanol–water partition coefficient (Wildman–Crippen LogP) is 2.83. The lowest BCUT2D eigenvalue weighted by Gasteiger charge is -2.34. The van der Waals surface area contributed by atoms with Crippen LogP contribution in [-0.4, -0.2) is 77.6 Å². The molecular formula is C26H33N7O2. The molecular weight excluding hydrogens is 442 g/mol. The Morgan fingerprint density at radius 3 is 2.80 bits per heavy atom. The Labute approximate surface area is 206 Å². The summed E-state index contributed by atoms with van der Waals surface area (Å²) in [4.78, 5) is 30.6. The number of methoxy groups -OCH3 is 1. The molecule has 1 aromatic carbocycles. The van der Waals surface area contributed by atoms with Gasteiger partial charge < -0.3 is 24.4 Å². The lowest BCUT2D eigenvalue weighted by molar-refractivity contribution is -0.117. The predicted molar refractivity (Wildman–Crippen MR) is 136 cm³/mol. The van der Waals surface area contributed by atoms with Crippen molar-refractivity contribution >= 4 is 17.4 Å². The highest BCUT2D eigenvalue weighted by Gasteiger charge is 2.29. The number of nitrogens with zero attached hydrogens (tertiary/aromatic N) is 6. The number of carbonyl (C=O) groups excluding carboxylic acids is 1. The number of piperidine rings is 1. The number of aromatic nitrogens is 4. The second-order valence-corrected chi connectivity index (χ2v) is 9.57. The van der Waals surface area contributed by atoms with Crippen LogP contribution in [0, 0.1) is 0 Å². The van der Waals surface area contributed by atoms with E-state index in [1.54, 1.807) is 13.4 Å². The van der Waals surface area contributed by atoms with Gasteiger partial charge in [-0.05, 0) is 39.1 Å². The van der Waals surface area contributed by atoms with Gasteiger partial charge in [-0.1, -0.05) is 12.1 Å². The van der Waals surface area contributed by atoms with Crippen LogP contribution in [0.5, 0.6) is 5.75 Å². The largest absolute Gasteiger partial charge is 0.497 e. The van der Waals surface area contributed by atoms with E-state index in [2.05, 4.69) is 56.0 Å². The average molecular weight is 476 g/mol. The molecule has 5 rings (SSSR count). The Balaban J connectivity index is 1.37. The summed E-state index contributed by atoms with van der Waals surface area (Å²) in [6.07, 6.45) is 6.14. The number of imidazole rings is 1. The molecule has 0 radical (unpaired) electrons. The highest BCUT2D eigenvalue weighted by atomic mass is 16.5. The van der Waals surface area contributed by atoms with Crippen molar-refractivity contribution in [2.75, 3.05) is 57.6 Å². The smallest absolute Gasteiger partial charge is 0.156 e. The van der Waals surface area contributed by atoms with Crippen molar-refractivity contribution in [3.8, 4) is 17.0 Å². The summed E-state index contributed by atoms with van der Waals surface area (Å²) in [5.74, 6) is 4.20. The van der Waals surface area contributed by atoms with Crippen molar-refractivity contribution < 1.29 is 9.53 Å². The standard InChI is InChI=1S/C26H33N7O2/c1-31(2)11-12-33-16-23(19-5-4-6-21(13-19)35-3)30-25(33)18-7-9-32(10-8-18)26-22-14-20(34)15-27-24(22)28-17-29-26/h4-6,13,16-18H,7-12,14-15H2,1-3H3,(H,27,28,29). The van der Waals surface area contributed by atoms with Gasteiger partial charge in [0.15, 0.2) is 5.78 Å². The quantitative estimate of drug-likeness (QED) is 0.558. The number of ketones is 1. The Kier molecular flexibility index (Phi) is 6.68. The maximum atomic E-state index is 12.0. The van der Waals surface area contributed by atoms with E-state index >= 15 is 0 Å². The van der Waals surface area contributed by atoms with Gasteiger partial charge in [0.1, 0.15) is 29.5 Å². The number of hydrogen-bond donors (Lipinski definition) is 1. The van der Waals surface area contributed by atoms with E-state index in [1.807, 2.05) is 18.2 Å². The van der Waals surface area contributed by atoms with Gasteiger partial charge in [0.05, 0.1) is 19.3 Å². The van der Waals surface area contributed by atoms with Crippen molar-refractivity contribution in [1.82, 2.24) is 24.4 Å². The van der Waals surface area contributed by atoms with E-state index in [1.165, 1.54) is 0 Å². The second kappa shape index (κ2) is 10.0. The summed E-state index contributed by atoms with van der Waals surface area (Å²) in [7, 11) is 5.88. The van der Waals surface area contributed by atoms with E-state index in [9.17, 15) is 4.79 Å². The normalized spacial score (nSPS) is 16.3. The number of benzene rings is 1. The number of nitrogens with one attached hydrogen (secondary N) is 1. The number of anilines is 2. The number of rotatable bonds is 7. The number of carbonyl (C=O) groups is 1. The molecule has 0 spiro atoms. The van der Waals surface area contributed by atoms with Gasteiger partial charge in [0, 0.05) is 55.8 Å². The summed E-state index contributed by atoms with van der Waals surface area (Å²) < 4.78 is 7.75. The highest BCUT2D eigenvalue weighted by molar-refractivity contribution is 5.90. The van der Waals surface area contributed by atoms with Crippen LogP contribution in [0.1, 0.15) is 30.1 Å². The summed E-state index contributed by atoms with van der Waals surface area (Å²) in [5.41, 5.74) is 2.97. The maximum absolute atomic E-state index is 12.0. The zero-order chi connectivity index (χ0) is 24.4. The molecule has 0 bridgehead atoms. The minimum absolute atomic E-state index is 0.177. The van der Waals surface area contributed by atoms with E-state index in [-0.39, 0.29) is 5.78 Å². The third-order valence-corrected chi connectivity index (χ3v) is 6.87. The van der Waals surface area contributed by atoms with Gasteiger partial charge in [-0.3, -0.25) is 4.79 Å². The van der Waals surface area contributed by atoms with Crippen molar-refractivity contribution in [2.24, 2.45) is 0 Å². The van der Waals surface area contributed by atoms with Crippen molar-refractivity contribution in [1.29, 1.82) is 0 Å². The van der Waals surface area contributed by atoms with Crippen LogP contribution in [-0.2, 0) is 17.8 Å². The molecule has 2 aliphatic heterocycles. The van der Waals surface area contributed by atoms with Crippen LogP contribution in [0.3, 0.4) is 0 Å². The van der Waals surface area contributed by atoms with E-state index in [4.69, 9.17) is 9.72 Å². The molecule has 1 fully saturated rings. The molecule has 0 aliphatic carbocycles. The number of hydrogen-bond acceptors (Lipinski definition) is 8. The van der Waals surface area contributed by atoms with Gasteiger partial charge in [0.2, 0.25) is 0 Å². The molecule has 1 N–H and O–H groups in total. The van der Waals surface area contributed by atoms with Crippen molar-refractivity contribution in [3.63, 3.8) is 0 Å². The van der Waals surface area contributed by atoms with Crippen molar-refractivity contribution in [2.45, 2.75) is 31.7 Å². The van der Waals surface area contributed by atoms with Crippen LogP contribution in [0.2, 0.25) is 0 Å². The molecule has 2 aromatic heterocycles. The first kappa shape index (κ1) is 23.3. The summed E-state index contributed by atoms with van der Waals surface area (Å²) in [5, 5.41) is 3.13. The highest BCUT2D eigenvalue weighted by Crippen LogP contribution is 2.34. The first-order valence-electron chi connectivity index (χ1n) is 12.2. The molecule has 9 heteroatoms. The molecule has 4 heterocycles. The Hall–Kier alpha value is -3.46. The molecule has 0 atom stereocenters. The third-order valence-electron chi connectivity index (χ3n) is 6.87. The third kappa shape index (κ3) is 5.00. The number of ether oxygens (including phenoxy) is 1. The zero-order valence-electron chi connectivity index (χ0n) is 20.7. The Morgan fingerprint density at radius 2 is 2.03 bits per heavy atom. The van der Waals surface area contributed by atoms with E-state index in [0.717, 1.165) is 79.1 Å². The fraction of sp³-hybridized carbons (Fsp3) is 0.462. The van der Waals surface area contributed by atoms with Crippen LogP contribution in [0.15, 0.2) is 36.8 Å². The molecule has 3 aromatic rings. The van der Waals surface area contributed by atoms with E-state index in [0.29, 0.717) is 18.9 Å². The minimum Gasteiger partial charge on any atom is -0.497 e. The number of Topliss-reactive ketones (excluding diaryl/α,β-unsaturated/α-hetero) is 1. The summed E-state index contributed by atoms with van der Waals surface area (Å²) >= 11 is 0. The Bertz CT molecular complexity index is 1200. The van der Waals surface area contributed by atoms with Crippen molar-refractivity contribution in [3.05, 3.63) is 48.2 Å². The van der Waals surface area contributed by atoms with Gasteiger partial charge in [-0.2, -0.15) is 0 Å². The molecule has 35 heavy (non-hydrogen) atoms. The maximum Gasteiger partial charge on any atom is 0.156 e. The van der Waals surface area contributed by atoms with Crippen LogP contribution in [0.4, 0.5) is 11.6 Å². The fourth-order valence-electron chi connectivity index (χ4n) is 4.95. The first-order chi connectivity index (χ1) is 17.0. The fourth-order valence-corrected chi connectivity index (χ4v) is 4.95. The molecule has 2 aliphatic rings. The number of likely N-dealkylation sites (N-methyl/N-ethyl adjacent to an activating group) is 1. The summed E-state index contributed by atoms with van der Waals surface area (Å²) in [6.45, 7) is 3.94. The molecule has 0 amide bonds. The molecule has 9 nitrogen and oxygen atoms in total. The first-order valence-corrected chi connectivity index (χ1v) is 12.2. The SMILES string of the molecule is COc1cccc(-c2cn(CCN(C)C)c(C3CCN(c4ncnc5c4CC(=O)CN5)CC3)n2)c1. The minimum atomic E-state index is 0.177. The second-order valence-electron chi connectivity index (χ2n) is 9.57. The monoisotopic (exact) mass is 475 g/mol. The average Bonchev–Trinajstić information content (AvgIpc) is 3.31. The van der Waals surface area contributed by atoms with Gasteiger partial charge >= 0.3 is 0 Å². The van der Waals surface area contributed by atoms with Crippen LogP contribution >= 0.6 is 0 Å². The molecule has 184 valence electrons. The topological polar surface area (TPSA) is 88.4 Å². The van der Waals surface area contributed by atoms with Crippen LogP contribution < -0.4 is 15.0 Å². The number of fused-ring (bicyclic) bond motifs is 1. The molecule has 0 saturated carbocycles. The molecule has 0 unspecified atom stereocenters. The van der Waals surface area contributed by atoms with Gasteiger partial charge in [-0.15, -0.1) is 0 Å². The van der Waals surface area contributed by atoms with Gasteiger partial charge in [-0.25, -0.2) is 15.0 Å². The lowest BCUT2D eigenvalue weighted by atomic mass is 9.95. The van der Waals surface area contributed by atoms with E-state index < -0.39 is 0 Å². The zero-order valence-corrected chi connectivity index (χ0v) is 20.7. The van der Waals surface area contributed by atoms with Crippen LogP contribution in [0.25, 0.3) is 11.3 Å². The summed E-state index contributed by atoms with van der Waals surface area (Å²) in [6, 6.07) is 8.09. The van der Waals surface area contributed by atoms with Gasteiger partial charge in [0.25, 0.3) is 0 Å². The lowest BCUT2D eigenvalue weighted by Crippen LogP contribution is -2.36.